The van der Waals surface area contributed by atoms with Crippen molar-refractivity contribution in [3.05, 3.63) is 82.1 Å². The van der Waals surface area contributed by atoms with Gasteiger partial charge in [0.15, 0.2) is 5.82 Å². The molecule has 0 amide bonds. The molecule has 2 aliphatic rings. The van der Waals surface area contributed by atoms with Crippen LogP contribution in [0.3, 0.4) is 0 Å². The number of benzene rings is 2. The monoisotopic (exact) mass is 595 g/mol. The molecule has 0 aliphatic carbocycles. The third kappa shape index (κ3) is 4.78. The molecule has 2 aromatic carbocycles. The number of alkyl halides is 3. The van der Waals surface area contributed by atoms with Gasteiger partial charge in [0.05, 0.1) is 24.1 Å². The van der Waals surface area contributed by atoms with Gasteiger partial charge in [0.1, 0.15) is 42.4 Å². The van der Waals surface area contributed by atoms with E-state index in [9.17, 15) is 23.4 Å². The Kier molecular flexibility index (Phi) is 6.88. The smallest absolute Gasteiger partial charge is 0.388 e. The third-order valence-electron chi connectivity index (χ3n) is 7.03. The molecule has 0 bridgehead atoms. The Balaban J connectivity index is 1.43. The van der Waals surface area contributed by atoms with Gasteiger partial charge in [-0.05, 0) is 42.8 Å². The maximum absolute atomic E-state index is 13.9. The highest BCUT2D eigenvalue weighted by atomic mass is 35.5. The van der Waals surface area contributed by atoms with E-state index in [1.54, 1.807) is 24.5 Å². The van der Waals surface area contributed by atoms with E-state index in [1.165, 1.54) is 11.6 Å². The normalized spacial score (nSPS) is 26.7. The van der Waals surface area contributed by atoms with Crippen molar-refractivity contribution in [2.45, 2.75) is 49.7 Å². The molecule has 4 heterocycles. The van der Waals surface area contributed by atoms with Crippen LogP contribution in [-0.4, -0.2) is 65.8 Å². The van der Waals surface area contributed by atoms with Crippen molar-refractivity contribution in [1.29, 1.82) is 0 Å². The lowest BCUT2D eigenvalue weighted by molar-refractivity contribution is -0.196. The molecule has 9 nitrogen and oxygen atoms in total. The number of hydrogen-bond donors (Lipinski definition) is 2. The Hall–Kier alpha value is -3.00. The van der Waals surface area contributed by atoms with Gasteiger partial charge in [-0.2, -0.15) is 23.4 Å². The molecule has 2 fully saturated rings. The maximum atomic E-state index is 13.9. The highest BCUT2D eigenvalue weighted by molar-refractivity contribution is 6.31. The number of aryl methyl sites for hydroxylation is 1. The van der Waals surface area contributed by atoms with E-state index in [0.29, 0.717) is 5.02 Å². The quantitative estimate of drug-likeness (QED) is 0.356. The van der Waals surface area contributed by atoms with Gasteiger partial charge >= 0.3 is 6.18 Å². The Morgan fingerprint density at radius 3 is 2.45 bits per heavy atom. The van der Waals surface area contributed by atoms with E-state index >= 15 is 0 Å². The van der Waals surface area contributed by atoms with Crippen molar-refractivity contribution in [2.75, 3.05) is 6.61 Å². The highest BCUT2D eigenvalue weighted by Crippen LogP contribution is 2.44. The summed E-state index contributed by atoms with van der Waals surface area (Å²) >= 11 is 12.1. The van der Waals surface area contributed by atoms with Crippen LogP contribution in [0.4, 0.5) is 13.2 Å². The lowest BCUT2D eigenvalue weighted by Gasteiger charge is -2.41. The second-order valence-corrected chi connectivity index (χ2v) is 10.5. The molecular weight excluding hydrogens is 574 g/mol. The number of rotatable bonds is 4. The molecule has 2 aliphatic heterocycles. The minimum absolute atomic E-state index is 0.0519. The zero-order valence-electron chi connectivity index (χ0n) is 20.7. The molecule has 14 heteroatoms. The van der Waals surface area contributed by atoms with Gasteiger partial charge < -0.3 is 19.7 Å². The maximum Gasteiger partial charge on any atom is 0.418 e. The minimum atomic E-state index is -4.72. The third-order valence-corrected chi connectivity index (χ3v) is 7.52. The summed E-state index contributed by atoms with van der Waals surface area (Å²) < 4.78 is 56.2. The highest BCUT2D eigenvalue weighted by Gasteiger charge is 2.54. The van der Waals surface area contributed by atoms with Crippen LogP contribution in [-0.2, 0) is 15.7 Å². The average Bonchev–Trinajstić information content (AvgIpc) is 3.62. The summed E-state index contributed by atoms with van der Waals surface area (Å²) in [5.41, 5.74) is 0.188. The second-order valence-electron chi connectivity index (χ2n) is 9.67. The molecular formula is C26H22Cl2F3N5O4. The van der Waals surface area contributed by atoms with Crippen molar-refractivity contribution < 1.29 is 32.9 Å². The number of aliphatic hydroxyl groups excluding tert-OH is 2. The summed E-state index contributed by atoms with van der Waals surface area (Å²) in [6, 6.07) is 9.34. The summed E-state index contributed by atoms with van der Waals surface area (Å²) in [6.45, 7) is 1.45. The number of hydrogen-bond acceptors (Lipinski definition) is 7. The molecule has 40 heavy (non-hydrogen) atoms. The number of ether oxygens (including phenoxy) is 2. The van der Waals surface area contributed by atoms with Crippen LogP contribution >= 0.6 is 23.2 Å². The van der Waals surface area contributed by atoms with Gasteiger partial charge in [0, 0.05) is 21.8 Å². The SMILES string of the molecule is Cc1nc([C@@H]2OC3C(O)CO[C@@H]3C(n3cc(-c4ccc(Cl)cc4)cn3)C2O)n(-c2cc(Cl)ccc2C(F)(F)F)n1. The fourth-order valence-corrected chi connectivity index (χ4v) is 5.52. The van der Waals surface area contributed by atoms with E-state index in [2.05, 4.69) is 15.2 Å². The van der Waals surface area contributed by atoms with E-state index < -0.39 is 48.3 Å². The molecule has 2 saturated heterocycles. The Morgan fingerprint density at radius 1 is 1.00 bits per heavy atom. The lowest BCUT2D eigenvalue weighted by atomic mass is 9.91. The minimum Gasteiger partial charge on any atom is -0.388 e. The Bertz CT molecular complexity index is 1540. The molecule has 6 rings (SSSR count). The summed E-state index contributed by atoms with van der Waals surface area (Å²) in [6.07, 6.45) is -6.88. The molecule has 0 saturated carbocycles. The predicted octanol–water partition coefficient (Wildman–Crippen LogP) is 4.57. The molecule has 4 unspecified atom stereocenters. The predicted molar refractivity (Wildman–Crippen MR) is 137 cm³/mol. The molecule has 6 atom stereocenters. The number of aliphatic hydroxyl groups is 2. The van der Waals surface area contributed by atoms with Crippen LogP contribution in [0.2, 0.25) is 10.0 Å². The van der Waals surface area contributed by atoms with Crippen molar-refractivity contribution in [3.8, 4) is 16.8 Å². The van der Waals surface area contributed by atoms with Gasteiger partial charge in [0.2, 0.25) is 0 Å². The van der Waals surface area contributed by atoms with E-state index in [4.69, 9.17) is 32.7 Å². The molecule has 2 N–H and O–H groups in total. The number of nitrogens with zero attached hydrogens (tertiary/aromatic N) is 5. The van der Waals surface area contributed by atoms with Gasteiger partial charge in [-0.25, -0.2) is 9.67 Å². The number of fused-ring (bicyclic) bond motifs is 1. The molecule has 0 spiro atoms. The first kappa shape index (κ1) is 27.2. The summed E-state index contributed by atoms with van der Waals surface area (Å²) in [5.74, 6) is 0.0512. The molecule has 210 valence electrons. The first-order valence-corrected chi connectivity index (χ1v) is 13.0. The standard InChI is InChI=1S/C26H22Cl2F3N5O4/c1-12-33-25(36(34-12)18-8-16(28)6-7-17(18)26(29,30)31)24-21(38)20(23-22(40-24)19(37)11-39-23)35-10-14(9-32-35)13-2-4-15(27)5-3-13/h2-10,19-24,37-38H,11H2,1H3/t19?,20?,21?,22?,23-,24-/m1/s1. The summed E-state index contributed by atoms with van der Waals surface area (Å²) in [7, 11) is 0. The van der Waals surface area contributed by atoms with Crippen LogP contribution in [0.1, 0.15) is 29.4 Å². The van der Waals surface area contributed by atoms with Crippen molar-refractivity contribution in [3.63, 3.8) is 0 Å². The van der Waals surface area contributed by atoms with Gasteiger partial charge in [-0.1, -0.05) is 35.3 Å². The first-order valence-electron chi connectivity index (χ1n) is 12.3. The zero-order chi connectivity index (χ0) is 28.3. The van der Waals surface area contributed by atoms with Crippen LogP contribution < -0.4 is 0 Å². The van der Waals surface area contributed by atoms with Crippen molar-refractivity contribution >= 4 is 23.2 Å². The number of aromatic nitrogens is 5. The molecule has 2 aromatic heterocycles. The fourth-order valence-electron chi connectivity index (χ4n) is 5.23. The van der Waals surface area contributed by atoms with Gasteiger partial charge in [0.25, 0.3) is 0 Å². The molecule has 0 radical (unpaired) electrons. The topological polar surface area (TPSA) is 107 Å². The van der Waals surface area contributed by atoms with E-state index in [-0.39, 0.29) is 29.0 Å². The van der Waals surface area contributed by atoms with E-state index in [1.807, 2.05) is 12.1 Å². The van der Waals surface area contributed by atoms with Crippen LogP contribution in [0, 0.1) is 6.92 Å². The van der Waals surface area contributed by atoms with E-state index in [0.717, 1.165) is 34.0 Å². The zero-order valence-corrected chi connectivity index (χ0v) is 22.2. The second kappa shape index (κ2) is 10.1. The number of halogens is 5. The fraction of sp³-hybridized carbons (Fsp3) is 0.346. The van der Waals surface area contributed by atoms with Crippen LogP contribution in [0.25, 0.3) is 16.8 Å². The van der Waals surface area contributed by atoms with Crippen LogP contribution in [0.15, 0.2) is 54.9 Å². The largest absolute Gasteiger partial charge is 0.418 e. The van der Waals surface area contributed by atoms with Crippen molar-refractivity contribution in [1.82, 2.24) is 24.5 Å². The Labute approximate surface area is 235 Å². The van der Waals surface area contributed by atoms with Gasteiger partial charge in [-0.15, -0.1) is 0 Å². The summed E-state index contributed by atoms with van der Waals surface area (Å²) in [4.78, 5) is 4.33. The van der Waals surface area contributed by atoms with Crippen molar-refractivity contribution in [2.24, 2.45) is 0 Å². The Morgan fingerprint density at radius 2 is 1.73 bits per heavy atom. The van der Waals surface area contributed by atoms with Crippen LogP contribution in [0.5, 0.6) is 0 Å². The summed E-state index contributed by atoms with van der Waals surface area (Å²) in [5, 5.41) is 31.6. The average molecular weight is 596 g/mol. The first-order chi connectivity index (χ1) is 19.0. The van der Waals surface area contributed by atoms with Gasteiger partial charge in [-0.3, -0.25) is 4.68 Å². The lowest BCUT2D eigenvalue weighted by Crippen LogP contribution is -2.52. The molecule has 4 aromatic rings.